The number of rotatable bonds is 5. The van der Waals surface area contributed by atoms with Gasteiger partial charge in [0.25, 0.3) is 0 Å². The van der Waals surface area contributed by atoms with E-state index >= 15 is 0 Å². The van der Waals surface area contributed by atoms with Crippen molar-refractivity contribution >= 4 is 17.3 Å². The van der Waals surface area contributed by atoms with Crippen LogP contribution in [0.4, 0.5) is 16.2 Å². The van der Waals surface area contributed by atoms with Crippen molar-refractivity contribution < 1.29 is 4.39 Å². The molecule has 0 bridgehead atoms. The zero-order valence-electron chi connectivity index (χ0n) is 20.7. The molecule has 37 heavy (non-hydrogen) atoms. The van der Waals surface area contributed by atoms with Crippen molar-refractivity contribution in [1.29, 1.82) is 0 Å². The van der Waals surface area contributed by atoms with Crippen molar-refractivity contribution in [3.63, 3.8) is 0 Å². The average molecular weight is 499 g/mol. The van der Waals surface area contributed by atoms with E-state index in [1.165, 1.54) is 12.1 Å². The van der Waals surface area contributed by atoms with Gasteiger partial charge in [-0.1, -0.05) is 12.1 Å². The minimum Gasteiger partial charge on any atom is -0.351 e. The van der Waals surface area contributed by atoms with Gasteiger partial charge in [-0.3, -0.25) is 4.68 Å². The number of benzene rings is 1. The largest absolute Gasteiger partial charge is 0.351 e. The molecule has 11 heteroatoms. The molecule has 5 heterocycles. The highest BCUT2D eigenvalue weighted by atomic mass is 19.1. The zero-order chi connectivity index (χ0) is 25.6. The van der Waals surface area contributed by atoms with Gasteiger partial charge in [0.05, 0.1) is 11.7 Å². The lowest BCUT2D eigenvalue weighted by Crippen LogP contribution is -2.47. The van der Waals surface area contributed by atoms with Gasteiger partial charge in [-0.25, -0.2) is 23.9 Å². The van der Waals surface area contributed by atoms with Crippen molar-refractivity contribution in [3.05, 3.63) is 84.6 Å². The molecule has 5 aromatic rings. The van der Waals surface area contributed by atoms with Gasteiger partial charge in [0, 0.05) is 74.7 Å². The Balaban J connectivity index is 1.17. The number of halogens is 1. The van der Waals surface area contributed by atoms with Crippen LogP contribution in [0, 0.1) is 5.82 Å². The average Bonchev–Trinajstić information content (AvgIpc) is 3.55. The molecule has 6 rings (SSSR count). The molecule has 1 aliphatic rings. The Morgan fingerprint density at radius 3 is 2.22 bits per heavy atom. The summed E-state index contributed by atoms with van der Waals surface area (Å²) in [6.45, 7) is 4.93. The Morgan fingerprint density at radius 2 is 1.54 bits per heavy atom. The lowest BCUT2D eigenvalue weighted by molar-refractivity contribution is 0.585. The third-order valence-electron chi connectivity index (χ3n) is 6.97. The van der Waals surface area contributed by atoms with Gasteiger partial charge >= 0.3 is 0 Å². The second-order valence-electron chi connectivity index (χ2n) is 9.50. The Kier molecular flexibility index (Phi) is 5.56. The Hall–Kier alpha value is -4.38. The quantitative estimate of drug-likeness (QED) is 0.394. The fourth-order valence-corrected chi connectivity index (χ4v) is 4.72. The number of aryl methyl sites for hydroxylation is 1. The first-order valence-electron chi connectivity index (χ1n) is 12.1. The first-order chi connectivity index (χ1) is 17.9. The van der Waals surface area contributed by atoms with Crippen LogP contribution in [0.1, 0.15) is 18.1 Å². The predicted molar refractivity (Wildman–Crippen MR) is 139 cm³/mol. The summed E-state index contributed by atoms with van der Waals surface area (Å²) in [5.41, 5.74) is 10.4. The van der Waals surface area contributed by atoms with Crippen molar-refractivity contribution in [1.82, 2.24) is 34.3 Å². The topological polar surface area (TPSA) is 106 Å². The molecule has 1 atom stereocenters. The molecule has 1 unspecified atom stereocenters. The number of aromatic nitrogens is 7. The zero-order valence-corrected chi connectivity index (χ0v) is 20.7. The maximum atomic E-state index is 13.3. The van der Waals surface area contributed by atoms with Gasteiger partial charge in [-0.2, -0.15) is 10.2 Å². The molecule has 0 radical (unpaired) electrons. The summed E-state index contributed by atoms with van der Waals surface area (Å²) in [5.74, 6) is 1.27. The summed E-state index contributed by atoms with van der Waals surface area (Å²) in [6.07, 6.45) is 10.9. The maximum absolute atomic E-state index is 13.3. The monoisotopic (exact) mass is 498 g/mol. The van der Waals surface area contributed by atoms with Gasteiger partial charge in [0.1, 0.15) is 17.7 Å². The van der Waals surface area contributed by atoms with E-state index in [9.17, 15) is 4.39 Å². The molecule has 0 saturated carbocycles. The number of piperazine rings is 1. The fourth-order valence-electron chi connectivity index (χ4n) is 4.72. The van der Waals surface area contributed by atoms with E-state index in [1.54, 1.807) is 35.5 Å². The smallest absolute Gasteiger partial charge is 0.225 e. The molecule has 1 fully saturated rings. The number of hydrogen-bond acceptors (Lipinski definition) is 8. The molecular weight excluding hydrogens is 471 g/mol. The molecule has 0 spiro atoms. The molecule has 1 aromatic carbocycles. The highest BCUT2D eigenvalue weighted by molar-refractivity contribution is 5.77. The third-order valence-corrected chi connectivity index (χ3v) is 6.97. The second kappa shape index (κ2) is 8.93. The van der Waals surface area contributed by atoms with Crippen molar-refractivity contribution in [2.75, 3.05) is 36.0 Å². The van der Waals surface area contributed by atoms with Crippen LogP contribution in [-0.2, 0) is 12.6 Å². The Labute approximate surface area is 213 Å². The maximum Gasteiger partial charge on any atom is 0.225 e. The van der Waals surface area contributed by atoms with Crippen LogP contribution in [0.5, 0.6) is 0 Å². The summed E-state index contributed by atoms with van der Waals surface area (Å²) >= 11 is 0. The van der Waals surface area contributed by atoms with Crippen LogP contribution in [0.15, 0.2) is 67.6 Å². The number of nitrogens with zero attached hydrogens (tertiary/aromatic N) is 9. The fraction of sp³-hybridized carbons (Fsp3) is 0.269. The number of hydrogen-bond donors (Lipinski definition) is 1. The van der Waals surface area contributed by atoms with E-state index < -0.39 is 5.54 Å². The van der Waals surface area contributed by atoms with Gasteiger partial charge in [-0.05, 0) is 30.7 Å². The van der Waals surface area contributed by atoms with Crippen LogP contribution >= 0.6 is 0 Å². The van der Waals surface area contributed by atoms with E-state index in [2.05, 4.69) is 41.0 Å². The predicted octanol–water partition coefficient (Wildman–Crippen LogP) is 2.61. The summed E-state index contributed by atoms with van der Waals surface area (Å²) in [5, 5.41) is 8.67. The molecule has 1 saturated heterocycles. The van der Waals surface area contributed by atoms with Gasteiger partial charge in [0.15, 0.2) is 5.82 Å². The van der Waals surface area contributed by atoms with E-state index in [0.29, 0.717) is 5.95 Å². The molecule has 2 N–H and O–H groups in total. The Bertz CT molecular complexity index is 1530. The van der Waals surface area contributed by atoms with Crippen LogP contribution in [-0.4, -0.2) is 60.5 Å². The number of anilines is 2. The second-order valence-corrected chi connectivity index (χ2v) is 9.50. The van der Waals surface area contributed by atoms with E-state index in [1.807, 2.05) is 37.1 Å². The molecule has 188 valence electrons. The lowest BCUT2D eigenvalue weighted by atomic mass is 9.87. The van der Waals surface area contributed by atoms with E-state index in [0.717, 1.165) is 59.8 Å². The SMILES string of the molecule is Cn1cc(-c2cc3c(N4CCN(c5ncc(C(C)(N)c6ccc(F)cc6)cn5)CC4)ncnn3c2)cn1. The van der Waals surface area contributed by atoms with Crippen LogP contribution in [0.3, 0.4) is 0 Å². The highest BCUT2D eigenvalue weighted by Crippen LogP contribution is 2.29. The number of nitrogens with two attached hydrogens (primary N) is 1. The first kappa shape index (κ1) is 23.0. The minimum absolute atomic E-state index is 0.293. The van der Waals surface area contributed by atoms with Crippen LogP contribution in [0.2, 0.25) is 0 Å². The molecule has 10 nitrogen and oxygen atoms in total. The standard InChI is InChI=1S/C26H27FN10/c1-26(28,20-3-5-22(27)6-4-20)21-13-29-25(30-14-21)36-9-7-35(8-10-36)24-23-11-18(16-37(23)33-17-31-24)19-12-32-34(2)15-19/h3-6,11-17H,7-10,28H2,1-2H3. The highest BCUT2D eigenvalue weighted by Gasteiger charge is 2.26. The van der Waals surface area contributed by atoms with Crippen LogP contribution < -0.4 is 15.5 Å². The molecular formula is C26H27FN10. The molecule has 1 aliphatic heterocycles. The number of fused-ring (bicyclic) bond motifs is 1. The minimum atomic E-state index is -0.824. The van der Waals surface area contributed by atoms with E-state index in [4.69, 9.17) is 5.73 Å². The van der Waals surface area contributed by atoms with Crippen molar-refractivity contribution in [2.24, 2.45) is 12.8 Å². The van der Waals surface area contributed by atoms with Gasteiger partial charge in [0.2, 0.25) is 5.95 Å². The summed E-state index contributed by atoms with van der Waals surface area (Å²) in [4.78, 5) is 18.2. The summed E-state index contributed by atoms with van der Waals surface area (Å²) in [6, 6.07) is 8.31. The van der Waals surface area contributed by atoms with E-state index in [-0.39, 0.29) is 5.82 Å². The van der Waals surface area contributed by atoms with Gasteiger partial charge < -0.3 is 15.5 Å². The first-order valence-corrected chi connectivity index (χ1v) is 12.1. The van der Waals surface area contributed by atoms with Crippen LogP contribution in [0.25, 0.3) is 16.6 Å². The molecule has 0 aliphatic carbocycles. The Morgan fingerprint density at radius 1 is 0.838 bits per heavy atom. The summed E-state index contributed by atoms with van der Waals surface area (Å²) in [7, 11) is 1.90. The molecule has 4 aromatic heterocycles. The third kappa shape index (κ3) is 4.27. The van der Waals surface area contributed by atoms with Crippen molar-refractivity contribution in [3.8, 4) is 11.1 Å². The van der Waals surface area contributed by atoms with Crippen molar-refractivity contribution in [2.45, 2.75) is 12.5 Å². The van der Waals surface area contributed by atoms with Gasteiger partial charge in [-0.15, -0.1) is 0 Å². The normalized spacial score (nSPS) is 15.8. The lowest BCUT2D eigenvalue weighted by Gasteiger charge is -2.35. The summed E-state index contributed by atoms with van der Waals surface area (Å²) < 4.78 is 17.0. The molecule has 0 amide bonds.